The van der Waals surface area contributed by atoms with Crippen molar-refractivity contribution >= 4 is 11.6 Å². The summed E-state index contributed by atoms with van der Waals surface area (Å²) in [7, 11) is 0. The Bertz CT molecular complexity index is 433. The van der Waals surface area contributed by atoms with Gasteiger partial charge < -0.3 is 5.32 Å². The molecule has 2 rings (SSSR count). The fourth-order valence-corrected chi connectivity index (χ4v) is 3.54. The van der Waals surface area contributed by atoms with Crippen molar-refractivity contribution in [2.45, 2.75) is 52.0 Å². The van der Waals surface area contributed by atoms with Gasteiger partial charge in [-0.2, -0.15) is 0 Å². The van der Waals surface area contributed by atoms with Gasteiger partial charge >= 0.3 is 0 Å². The summed E-state index contributed by atoms with van der Waals surface area (Å²) in [4.78, 5) is 0. The van der Waals surface area contributed by atoms with Crippen LogP contribution in [0.25, 0.3) is 0 Å². The van der Waals surface area contributed by atoms with E-state index in [4.69, 9.17) is 11.6 Å². The minimum absolute atomic E-state index is 0.253. The fourth-order valence-electron chi connectivity index (χ4n) is 3.29. The van der Waals surface area contributed by atoms with E-state index in [2.05, 4.69) is 19.2 Å². The van der Waals surface area contributed by atoms with Crippen LogP contribution in [0.4, 0.5) is 4.39 Å². The smallest absolute Gasteiger partial charge is 0.124 e. The zero-order valence-corrected chi connectivity index (χ0v) is 13.2. The second kappa shape index (κ2) is 7.42. The predicted molar refractivity (Wildman–Crippen MR) is 83.7 cm³/mol. The highest BCUT2D eigenvalue weighted by Crippen LogP contribution is 2.33. The van der Waals surface area contributed by atoms with E-state index in [1.165, 1.54) is 31.4 Å². The summed E-state index contributed by atoms with van der Waals surface area (Å²) in [5.41, 5.74) is 1.08. The van der Waals surface area contributed by atoms with Crippen LogP contribution in [0.1, 0.15) is 45.1 Å². The van der Waals surface area contributed by atoms with Crippen molar-refractivity contribution in [3.8, 4) is 0 Å². The van der Waals surface area contributed by atoms with Gasteiger partial charge in [-0.25, -0.2) is 4.39 Å². The zero-order chi connectivity index (χ0) is 14.5. The van der Waals surface area contributed by atoms with Gasteiger partial charge in [0.1, 0.15) is 5.82 Å². The molecule has 1 saturated carbocycles. The number of hydrogen-bond acceptors (Lipinski definition) is 1. The SMILES string of the molecule is CCCNC1CCC(C)CC1Cc1ccc(F)cc1Cl. The molecule has 1 aromatic carbocycles. The van der Waals surface area contributed by atoms with E-state index < -0.39 is 0 Å². The molecule has 1 N–H and O–H groups in total. The van der Waals surface area contributed by atoms with Crippen LogP contribution in [0.5, 0.6) is 0 Å². The maximum atomic E-state index is 13.1. The molecule has 1 fully saturated rings. The first-order valence-corrected chi connectivity index (χ1v) is 8.15. The highest BCUT2D eigenvalue weighted by atomic mass is 35.5. The predicted octanol–water partition coefficient (Wildman–Crippen LogP) is 4.83. The standard InChI is InChI=1S/C17H25ClFN/c1-3-8-20-17-7-4-12(2)9-14(17)10-13-5-6-15(19)11-16(13)18/h5-6,11-12,14,17,20H,3-4,7-10H2,1-2H3. The molecule has 0 saturated heterocycles. The Labute approximate surface area is 126 Å². The van der Waals surface area contributed by atoms with Crippen molar-refractivity contribution < 1.29 is 4.39 Å². The molecular weight excluding hydrogens is 273 g/mol. The molecule has 112 valence electrons. The summed E-state index contributed by atoms with van der Waals surface area (Å²) in [6.45, 7) is 5.60. The summed E-state index contributed by atoms with van der Waals surface area (Å²) in [6, 6.07) is 5.36. The fraction of sp³-hybridized carbons (Fsp3) is 0.647. The molecule has 3 unspecified atom stereocenters. The Morgan fingerprint density at radius 1 is 1.35 bits per heavy atom. The first kappa shape index (κ1) is 15.8. The van der Waals surface area contributed by atoms with E-state index in [-0.39, 0.29) is 5.82 Å². The second-order valence-corrected chi connectivity index (χ2v) is 6.59. The molecule has 0 aliphatic heterocycles. The lowest BCUT2D eigenvalue weighted by Gasteiger charge is -2.36. The third-order valence-corrected chi connectivity index (χ3v) is 4.75. The van der Waals surface area contributed by atoms with Crippen LogP contribution in [0.2, 0.25) is 5.02 Å². The largest absolute Gasteiger partial charge is 0.314 e. The summed E-state index contributed by atoms with van der Waals surface area (Å²) in [5.74, 6) is 1.13. The molecule has 0 heterocycles. The van der Waals surface area contributed by atoms with Crippen LogP contribution in [0, 0.1) is 17.7 Å². The molecule has 0 aromatic heterocycles. The minimum atomic E-state index is -0.253. The van der Waals surface area contributed by atoms with Crippen LogP contribution in [-0.4, -0.2) is 12.6 Å². The van der Waals surface area contributed by atoms with Crippen LogP contribution in [0.15, 0.2) is 18.2 Å². The number of nitrogens with one attached hydrogen (secondary N) is 1. The summed E-state index contributed by atoms with van der Waals surface area (Å²) < 4.78 is 13.1. The molecule has 1 aromatic rings. The number of rotatable bonds is 5. The van der Waals surface area contributed by atoms with Crippen LogP contribution in [-0.2, 0) is 6.42 Å². The molecule has 0 bridgehead atoms. The van der Waals surface area contributed by atoms with Crippen molar-refractivity contribution in [3.63, 3.8) is 0 Å². The van der Waals surface area contributed by atoms with Gasteiger partial charge in [-0.15, -0.1) is 0 Å². The van der Waals surface area contributed by atoms with E-state index in [1.54, 1.807) is 0 Å². The summed E-state index contributed by atoms with van der Waals surface area (Å²) >= 11 is 6.18. The lowest BCUT2D eigenvalue weighted by molar-refractivity contribution is 0.212. The molecule has 0 amide bonds. The van der Waals surface area contributed by atoms with Gasteiger partial charge in [0.15, 0.2) is 0 Å². The Balaban J connectivity index is 2.06. The molecule has 3 heteroatoms. The van der Waals surface area contributed by atoms with E-state index in [9.17, 15) is 4.39 Å². The molecule has 1 aliphatic carbocycles. The Morgan fingerprint density at radius 3 is 2.85 bits per heavy atom. The molecule has 0 spiro atoms. The first-order chi connectivity index (χ1) is 9.60. The maximum Gasteiger partial charge on any atom is 0.124 e. The topological polar surface area (TPSA) is 12.0 Å². The van der Waals surface area contributed by atoms with Gasteiger partial charge in [-0.3, -0.25) is 0 Å². The monoisotopic (exact) mass is 297 g/mol. The molecular formula is C17H25ClFN. The Hall–Kier alpha value is -0.600. The normalized spacial score (nSPS) is 26.7. The highest BCUT2D eigenvalue weighted by molar-refractivity contribution is 6.31. The van der Waals surface area contributed by atoms with Crippen LogP contribution >= 0.6 is 11.6 Å². The number of hydrogen-bond donors (Lipinski definition) is 1. The quantitative estimate of drug-likeness (QED) is 0.821. The van der Waals surface area contributed by atoms with Gasteiger partial charge in [-0.1, -0.05) is 31.5 Å². The third-order valence-electron chi connectivity index (χ3n) is 4.40. The van der Waals surface area contributed by atoms with Crippen LogP contribution < -0.4 is 5.32 Å². The summed E-state index contributed by atoms with van der Waals surface area (Å²) in [5, 5.41) is 4.24. The van der Waals surface area contributed by atoms with Crippen molar-refractivity contribution in [1.29, 1.82) is 0 Å². The van der Waals surface area contributed by atoms with Gasteiger partial charge in [-0.05, 0) is 68.2 Å². The second-order valence-electron chi connectivity index (χ2n) is 6.18. The van der Waals surface area contributed by atoms with E-state index in [0.29, 0.717) is 17.0 Å². The van der Waals surface area contributed by atoms with Crippen LogP contribution in [0.3, 0.4) is 0 Å². The van der Waals surface area contributed by atoms with Gasteiger partial charge in [0.25, 0.3) is 0 Å². The van der Waals surface area contributed by atoms with E-state index in [0.717, 1.165) is 30.9 Å². The van der Waals surface area contributed by atoms with Gasteiger partial charge in [0.2, 0.25) is 0 Å². The van der Waals surface area contributed by atoms with Crippen molar-refractivity contribution in [3.05, 3.63) is 34.6 Å². The van der Waals surface area contributed by atoms with E-state index >= 15 is 0 Å². The van der Waals surface area contributed by atoms with Crippen molar-refractivity contribution in [2.24, 2.45) is 11.8 Å². The minimum Gasteiger partial charge on any atom is -0.314 e. The van der Waals surface area contributed by atoms with Crippen molar-refractivity contribution in [2.75, 3.05) is 6.54 Å². The maximum absolute atomic E-state index is 13.1. The van der Waals surface area contributed by atoms with E-state index in [1.807, 2.05) is 6.07 Å². The molecule has 0 radical (unpaired) electrons. The molecule has 20 heavy (non-hydrogen) atoms. The average molecular weight is 298 g/mol. The Morgan fingerprint density at radius 2 is 2.15 bits per heavy atom. The Kier molecular flexibility index (Phi) is 5.86. The lowest BCUT2D eigenvalue weighted by atomic mass is 9.76. The number of halogens is 2. The van der Waals surface area contributed by atoms with Gasteiger partial charge in [0.05, 0.1) is 0 Å². The summed E-state index contributed by atoms with van der Waals surface area (Å²) in [6.07, 6.45) is 5.88. The zero-order valence-electron chi connectivity index (χ0n) is 12.5. The average Bonchev–Trinajstić information content (AvgIpc) is 2.41. The lowest BCUT2D eigenvalue weighted by Crippen LogP contribution is -2.41. The third kappa shape index (κ3) is 4.20. The molecule has 3 atom stereocenters. The molecule has 1 nitrogen and oxygen atoms in total. The number of benzene rings is 1. The first-order valence-electron chi connectivity index (χ1n) is 7.77. The van der Waals surface area contributed by atoms with Gasteiger partial charge in [0, 0.05) is 11.1 Å². The van der Waals surface area contributed by atoms with Crippen molar-refractivity contribution in [1.82, 2.24) is 5.32 Å². The molecule has 1 aliphatic rings. The highest BCUT2D eigenvalue weighted by Gasteiger charge is 2.28.